The summed E-state index contributed by atoms with van der Waals surface area (Å²) >= 11 is 12.5. The Morgan fingerprint density at radius 1 is 0.846 bits per heavy atom. The van der Waals surface area contributed by atoms with Crippen molar-refractivity contribution in [3.05, 3.63) is 81.5 Å². The van der Waals surface area contributed by atoms with E-state index in [1.54, 1.807) is 62.8 Å². The van der Waals surface area contributed by atoms with E-state index in [1.165, 1.54) is 6.20 Å². The van der Waals surface area contributed by atoms with Gasteiger partial charge in [-0.2, -0.15) is 0 Å². The summed E-state index contributed by atoms with van der Waals surface area (Å²) in [5.74, 6) is 0.738. The van der Waals surface area contributed by atoms with E-state index in [4.69, 9.17) is 32.7 Å². The van der Waals surface area contributed by atoms with Gasteiger partial charge in [0.15, 0.2) is 0 Å². The van der Waals surface area contributed by atoms with Crippen LogP contribution < -0.4 is 9.47 Å². The third-order valence-corrected chi connectivity index (χ3v) is 4.60. The average Bonchev–Trinajstić information content (AvgIpc) is 2.64. The minimum atomic E-state index is -0.439. The number of methoxy groups -OCH3 is 2. The molecule has 0 unspecified atom stereocenters. The van der Waals surface area contributed by atoms with Crippen molar-refractivity contribution in [2.75, 3.05) is 14.2 Å². The third kappa shape index (κ3) is 3.57. The summed E-state index contributed by atoms with van der Waals surface area (Å²) in [6.45, 7) is 0. The molecule has 1 heterocycles. The summed E-state index contributed by atoms with van der Waals surface area (Å²) < 4.78 is 11.1. The monoisotopic (exact) mass is 389 g/mol. The topological polar surface area (TPSA) is 51.6 Å². The maximum absolute atomic E-state index is 10.4. The Morgan fingerprint density at radius 2 is 1.38 bits per heavy atom. The maximum atomic E-state index is 10.4. The number of hydrogen-bond acceptors (Lipinski definition) is 4. The maximum Gasteiger partial charge on any atom is 0.214 e. The molecule has 0 amide bonds. The molecule has 0 fully saturated rings. The highest BCUT2D eigenvalue weighted by Crippen LogP contribution is 2.44. The minimum absolute atomic E-state index is 0.0819. The van der Waals surface area contributed by atoms with Crippen LogP contribution in [0.4, 0.5) is 0 Å². The first kappa shape index (κ1) is 18.4. The largest absolute Gasteiger partial charge is 0.496 e. The third-order valence-electron chi connectivity index (χ3n) is 4.13. The van der Waals surface area contributed by atoms with Crippen molar-refractivity contribution in [3.63, 3.8) is 0 Å². The molecule has 0 bridgehead atoms. The molecule has 0 spiro atoms. The van der Waals surface area contributed by atoms with Crippen LogP contribution in [0.1, 0.15) is 22.6 Å². The van der Waals surface area contributed by atoms with Gasteiger partial charge in [0.05, 0.1) is 14.2 Å². The van der Waals surface area contributed by atoms with Crippen LogP contribution >= 0.6 is 23.2 Å². The Morgan fingerprint density at radius 3 is 1.85 bits per heavy atom. The van der Waals surface area contributed by atoms with Crippen molar-refractivity contribution in [3.8, 4) is 17.4 Å². The molecule has 6 heteroatoms. The molecule has 0 aliphatic heterocycles. The van der Waals surface area contributed by atoms with E-state index < -0.39 is 5.92 Å². The zero-order valence-electron chi connectivity index (χ0n) is 14.2. The summed E-state index contributed by atoms with van der Waals surface area (Å²) in [5, 5.41) is 11.5. The van der Waals surface area contributed by atoms with Gasteiger partial charge in [-0.05, 0) is 42.5 Å². The number of nitrogens with zero attached hydrogens (tertiary/aromatic N) is 1. The van der Waals surface area contributed by atoms with Crippen molar-refractivity contribution < 1.29 is 14.6 Å². The van der Waals surface area contributed by atoms with E-state index in [1.807, 2.05) is 0 Å². The smallest absolute Gasteiger partial charge is 0.214 e. The standard InChI is InChI=1S/C20H17Cl2NO3/c1-25-17-7-5-12(21)10-15(17)19(14-4-3-9-23-20(14)24)16-11-13(22)6-8-18(16)26-2/h3-11,19H,1-2H3,(H,23,24). The number of halogens is 2. The fraction of sp³-hybridized carbons (Fsp3) is 0.150. The van der Waals surface area contributed by atoms with Crippen LogP contribution in [-0.2, 0) is 0 Å². The molecule has 26 heavy (non-hydrogen) atoms. The van der Waals surface area contributed by atoms with Crippen molar-refractivity contribution in [2.45, 2.75) is 5.92 Å². The number of aromatic hydroxyl groups is 1. The molecule has 1 N–H and O–H groups in total. The lowest BCUT2D eigenvalue weighted by Crippen LogP contribution is -2.08. The molecule has 134 valence electrons. The fourth-order valence-corrected chi connectivity index (χ4v) is 3.36. The van der Waals surface area contributed by atoms with Gasteiger partial charge >= 0.3 is 0 Å². The first-order valence-electron chi connectivity index (χ1n) is 7.86. The first-order chi connectivity index (χ1) is 12.5. The molecule has 0 radical (unpaired) electrons. The highest BCUT2D eigenvalue weighted by molar-refractivity contribution is 6.31. The van der Waals surface area contributed by atoms with Crippen molar-refractivity contribution in [1.29, 1.82) is 0 Å². The van der Waals surface area contributed by atoms with Crippen LogP contribution in [0.5, 0.6) is 17.4 Å². The molecule has 0 saturated heterocycles. The zero-order valence-corrected chi connectivity index (χ0v) is 15.8. The van der Waals surface area contributed by atoms with Crippen molar-refractivity contribution in [2.24, 2.45) is 0 Å². The summed E-state index contributed by atoms with van der Waals surface area (Å²) in [5.41, 5.74) is 2.13. The molecule has 0 saturated carbocycles. The Hall–Kier alpha value is -2.43. The molecule has 3 rings (SSSR count). The highest BCUT2D eigenvalue weighted by Gasteiger charge is 2.27. The highest BCUT2D eigenvalue weighted by atomic mass is 35.5. The number of rotatable bonds is 5. The molecule has 2 aromatic carbocycles. The van der Waals surface area contributed by atoms with Gasteiger partial charge in [0.2, 0.25) is 5.88 Å². The summed E-state index contributed by atoms with van der Waals surface area (Å²) in [7, 11) is 3.17. The van der Waals surface area contributed by atoms with Gasteiger partial charge in [-0.1, -0.05) is 29.3 Å². The molecule has 4 nitrogen and oxygen atoms in total. The fourth-order valence-electron chi connectivity index (χ4n) is 3.00. The Kier molecular flexibility index (Phi) is 5.55. The predicted molar refractivity (Wildman–Crippen MR) is 103 cm³/mol. The Bertz CT molecular complexity index is 877. The Balaban J connectivity index is 2.34. The lowest BCUT2D eigenvalue weighted by molar-refractivity contribution is 0.400. The lowest BCUT2D eigenvalue weighted by atomic mass is 9.84. The van der Waals surface area contributed by atoms with Crippen LogP contribution in [0, 0.1) is 0 Å². The van der Waals surface area contributed by atoms with Gasteiger partial charge in [0.25, 0.3) is 0 Å². The SMILES string of the molecule is COc1ccc(Cl)cc1C(c1cc(Cl)ccc1OC)c1cccnc1O. The second-order valence-corrected chi connectivity index (χ2v) is 6.49. The summed E-state index contributed by atoms with van der Waals surface area (Å²) in [6, 6.07) is 14.2. The van der Waals surface area contributed by atoms with E-state index in [9.17, 15) is 5.11 Å². The normalized spacial score (nSPS) is 10.8. The van der Waals surface area contributed by atoms with Crippen molar-refractivity contribution in [1.82, 2.24) is 4.98 Å². The zero-order chi connectivity index (χ0) is 18.7. The number of pyridine rings is 1. The van der Waals surface area contributed by atoms with Gasteiger partial charge in [-0.15, -0.1) is 0 Å². The van der Waals surface area contributed by atoms with Crippen LogP contribution in [0.25, 0.3) is 0 Å². The first-order valence-corrected chi connectivity index (χ1v) is 8.61. The van der Waals surface area contributed by atoms with Crippen LogP contribution in [0.15, 0.2) is 54.7 Å². The van der Waals surface area contributed by atoms with E-state index in [2.05, 4.69) is 4.98 Å². The van der Waals surface area contributed by atoms with E-state index in [0.29, 0.717) is 27.1 Å². The molecule has 0 aliphatic rings. The Labute approximate surface area is 161 Å². The van der Waals surface area contributed by atoms with E-state index >= 15 is 0 Å². The average molecular weight is 390 g/mol. The van der Waals surface area contributed by atoms with E-state index in [-0.39, 0.29) is 5.88 Å². The quantitative estimate of drug-likeness (QED) is 0.643. The predicted octanol–water partition coefficient (Wildman–Crippen LogP) is 5.29. The molecule has 1 aromatic heterocycles. The van der Waals surface area contributed by atoms with Crippen LogP contribution in [0.3, 0.4) is 0 Å². The van der Waals surface area contributed by atoms with Gasteiger partial charge in [0.1, 0.15) is 11.5 Å². The molecule has 0 atom stereocenters. The molecule has 0 aliphatic carbocycles. The van der Waals surface area contributed by atoms with Crippen LogP contribution in [-0.4, -0.2) is 24.3 Å². The summed E-state index contributed by atoms with van der Waals surface area (Å²) in [4.78, 5) is 4.01. The van der Waals surface area contributed by atoms with Crippen molar-refractivity contribution >= 4 is 23.2 Å². The summed E-state index contributed by atoms with van der Waals surface area (Å²) in [6.07, 6.45) is 1.53. The number of benzene rings is 2. The lowest BCUT2D eigenvalue weighted by Gasteiger charge is -2.23. The number of aromatic nitrogens is 1. The second kappa shape index (κ2) is 7.85. The van der Waals surface area contributed by atoms with Gasteiger partial charge in [-0.25, -0.2) is 4.98 Å². The van der Waals surface area contributed by atoms with Crippen LogP contribution in [0.2, 0.25) is 10.0 Å². The number of hydrogen-bond donors (Lipinski definition) is 1. The molecule has 3 aromatic rings. The van der Waals surface area contributed by atoms with Gasteiger partial charge < -0.3 is 14.6 Å². The van der Waals surface area contributed by atoms with Gasteiger partial charge in [0, 0.05) is 38.9 Å². The number of ether oxygens (including phenoxy) is 2. The molecular weight excluding hydrogens is 373 g/mol. The van der Waals surface area contributed by atoms with Gasteiger partial charge in [-0.3, -0.25) is 0 Å². The minimum Gasteiger partial charge on any atom is -0.496 e. The molecular formula is C20H17Cl2NO3. The van der Waals surface area contributed by atoms with E-state index in [0.717, 1.165) is 11.1 Å². The second-order valence-electron chi connectivity index (χ2n) is 5.62.